The Kier molecular flexibility index (Phi) is 3.92. The van der Waals surface area contributed by atoms with Gasteiger partial charge in [-0.2, -0.15) is 0 Å². The summed E-state index contributed by atoms with van der Waals surface area (Å²) in [6.45, 7) is 1.80. The minimum atomic E-state index is -0.272. The van der Waals surface area contributed by atoms with Gasteiger partial charge in [-0.15, -0.1) is 21.5 Å². The molecule has 1 amide bonds. The van der Waals surface area contributed by atoms with E-state index in [4.69, 9.17) is 5.73 Å². The SMILES string of the molecule is C[C@H](Sc1nnc(N)s1)C(=O)Nc1nccs1. The number of nitrogens with two attached hydrogens (primary N) is 1. The zero-order chi connectivity index (χ0) is 12.3. The summed E-state index contributed by atoms with van der Waals surface area (Å²) >= 11 is 3.97. The van der Waals surface area contributed by atoms with Crippen molar-refractivity contribution in [2.75, 3.05) is 11.1 Å². The van der Waals surface area contributed by atoms with Crippen molar-refractivity contribution in [1.82, 2.24) is 15.2 Å². The van der Waals surface area contributed by atoms with Crippen LogP contribution in [0.1, 0.15) is 6.92 Å². The number of carbonyl (C=O) groups is 1. The number of carbonyl (C=O) groups excluding carboxylic acids is 1. The number of anilines is 2. The van der Waals surface area contributed by atoms with Crippen LogP contribution in [-0.4, -0.2) is 26.3 Å². The second-order valence-corrected chi connectivity index (χ2v) is 6.48. The molecule has 90 valence electrons. The Balaban J connectivity index is 1.91. The molecule has 2 aromatic heterocycles. The van der Waals surface area contributed by atoms with Crippen LogP contribution in [0.5, 0.6) is 0 Å². The van der Waals surface area contributed by atoms with E-state index in [1.54, 1.807) is 18.5 Å². The molecule has 0 aliphatic rings. The van der Waals surface area contributed by atoms with Gasteiger partial charge < -0.3 is 11.1 Å². The van der Waals surface area contributed by atoms with Crippen LogP contribution in [0.25, 0.3) is 0 Å². The number of amides is 1. The number of thiazole rings is 1. The summed E-state index contributed by atoms with van der Waals surface area (Å²) in [6.07, 6.45) is 1.64. The number of nitrogen functional groups attached to an aromatic ring is 1. The molecule has 1 atom stereocenters. The van der Waals surface area contributed by atoms with Crippen LogP contribution in [0, 0.1) is 0 Å². The average molecular weight is 287 g/mol. The van der Waals surface area contributed by atoms with Crippen molar-refractivity contribution in [2.45, 2.75) is 16.5 Å². The van der Waals surface area contributed by atoms with E-state index in [1.807, 2.05) is 0 Å². The van der Waals surface area contributed by atoms with Gasteiger partial charge in [-0.05, 0) is 6.92 Å². The Morgan fingerprint density at radius 3 is 3.00 bits per heavy atom. The van der Waals surface area contributed by atoms with Gasteiger partial charge in [0.15, 0.2) is 9.47 Å². The van der Waals surface area contributed by atoms with Crippen LogP contribution in [0.15, 0.2) is 15.9 Å². The van der Waals surface area contributed by atoms with Gasteiger partial charge in [-0.3, -0.25) is 4.79 Å². The summed E-state index contributed by atoms with van der Waals surface area (Å²) < 4.78 is 0.685. The number of rotatable bonds is 4. The maximum absolute atomic E-state index is 11.8. The average Bonchev–Trinajstić information content (AvgIpc) is 2.90. The number of thioether (sulfide) groups is 1. The van der Waals surface area contributed by atoms with E-state index in [1.165, 1.54) is 34.4 Å². The molecule has 17 heavy (non-hydrogen) atoms. The first-order chi connectivity index (χ1) is 8.15. The van der Waals surface area contributed by atoms with E-state index in [9.17, 15) is 4.79 Å². The third kappa shape index (κ3) is 3.38. The smallest absolute Gasteiger partial charge is 0.239 e. The molecule has 2 aromatic rings. The molecule has 0 fully saturated rings. The Hall–Kier alpha value is -1.19. The molecular formula is C8H9N5OS3. The van der Waals surface area contributed by atoms with Gasteiger partial charge in [0.1, 0.15) is 0 Å². The molecule has 0 bridgehead atoms. The first kappa shape index (κ1) is 12.3. The molecular weight excluding hydrogens is 278 g/mol. The van der Waals surface area contributed by atoms with Crippen LogP contribution < -0.4 is 11.1 Å². The van der Waals surface area contributed by atoms with Gasteiger partial charge in [0.25, 0.3) is 0 Å². The third-order valence-corrected chi connectivity index (χ3v) is 4.36. The number of nitrogens with one attached hydrogen (secondary N) is 1. The monoisotopic (exact) mass is 287 g/mol. The third-order valence-electron chi connectivity index (χ3n) is 1.73. The van der Waals surface area contributed by atoms with Crippen LogP contribution in [0.3, 0.4) is 0 Å². The van der Waals surface area contributed by atoms with E-state index < -0.39 is 0 Å². The molecule has 6 nitrogen and oxygen atoms in total. The largest absolute Gasteiger partial charge is 0.374 e. The quantitative estimate of drug-likeness (QED) is 0.831. The Labute approximate surface area is 110 Å². The summed E-state index contributed by atoms with van der Waals surface area (Å²) in [4.78, 5) is 15.8. The number of nitrogens with zero attached hydrogens (tertiary/aromatic N) is 3. The molecule has 0 aromatic carbocycles. The predicted octanol–water partition coefficient (Wildman–Crippen LogP) is 1.70. The van der Waals surface area contributed by atoms with Crippen molar-refractivity contribution in [2.24, 2.45) is 0 Å². The maximum atomic E-state index is 11.8. The van der Waals surface area contributed by atoms with E-state index in [0.29, 0.717) is 14.6 Å². The van der Waals surface area contributed by atoms with Crippen LogP contribution >= 0.6 is 34.4 Å². The van der Waals surface area contributed by atoms with E-state index >= 15 is 0 Å². The zero-order valence-electron chi connectivity index (χ0n) is 8.78. The van der Waals surface area contributed by atoms with Crippen molar-refractivity contribution in [3.63, 3.8) is 0 Å². The fraction of sp³-hybridized carbons (Fsp3) is 0.250. The number of hydrogen-bond donors (Lipinski definition) is 2. The molecule has 0 aliphatic carbocycles. The van der Waals surface area contributed by atoms with Crippen molar-refractivity contribution in [1.29, 1.82) is 0 Å². The minimum Gasteiger partial charge on any atom is -0.374 e. The first-order valence-electron chi connectivity index (χ1n) is 4.61. The van der Waals surface area contributed by atoms with Crippen molar-refractivity contribution in [3.05, 3.63) is 11.6 Å². The van der Waals surface area contributed by atoms with E-state index in [2.05, 4.69) is 20.5 Å². The molecule has 0 saturated heterocycles. The van der Waals surface area contributed by atoms with Gasteiger partial charge in [-0.1, -0.05) is 23.1 Å². The second kappa shape index (κ2) is 5.43. The summed E-state index contributed by atoms with van der Waals surface area (Å²) in [6, 6.07) is 0. The van der Waals surface area contributed by atoms with Crippen LogP contribution in [0.4, 0.5) is 10.3 Å². The molecule has 0 radical (unpaired) electrons. The van der Waals surface area contributed by atoms with Crippen molar-refractivity contribution in [3.8, 4) is 0 Å². The van der Waals surface area contributed by atoms with Crippen LogP contribution in [0.2, 0.25) is 0 Å². The normalized spacial score (nSPS) is 12.3. The molecule has 2 heterocycles. The number of aromatic nitrogens is 3. The molecule has 0 saturated carbocycles. The summed E-state index contributed by atoms with van der Waals surface area (Å²) in [7, 11) is 0. The fourth-order valence-electron chi connectivity index (χ4n) is 0.965. The van der Waals surface area contributed by atoms with E-state index in [-0.39, 0.29) is 11.2 Å². The number of hydrogen-bond acceptors (Lipinski definition) is 8. The summed E-state index contributed by atoms with van der Waals surface area (Å²) in [5.74, 6) is -0.112. The lowest BCUT2D eigenvalue weighted by molar-refractivity contribution is -0.115. The predicted molar refractivity (Wildman–Crippen MR) is 70.4 cm³/mol. The lowest BCUT2D eigenvalue weighted by atomic mass is 10.4. The minimum absolute atomic E-state index is 0.112. The van der Waals surface area contributed by atoms with Gasteiger partial charge in [0, 0.05) is 11.6 Å². The maximum Gasteiger partial charge on any atom is 0.239 e. The van der Waals surface area contributed by atoms with Gasteiger partial charge in [-0.25, -0.2) is 4.98 Å². The Bertz CT molecular complexity index is 497. The van der Waals surface area contributed by atoms with Crippen LogP contribution in [-0.2, 0) is 4.79 Å². The molecule has 9 heteroatoms. The second-order valence-electron chi connectivity index (χ2n) is 2.99. The highest BCUT2D eigenvalue weighted by molar-refractivity contribution is 8.02. The highest BCUT2D eigenvalue weighted by Crippen LogP contribution is 2.28. The zero-order valence-corrected chi connectivity index (χ0v) is 11.2. The van der Waals surface area contributed by atoms with Gasteiger partial charge >= 0.3 is 0 Å². The van der Waals surface area contributed by atoms with E-state index in [0.717, 1.165) is 0 Å². The molecule has 0 unspecified atom stereocenters. The lowest BCUT2D eigenvalue weighted by Gasteiger charge is -2.07. The first-order valence-corrected chi connectivity index (χ1v) is 7.18. The molecule has 0 spiro atoms. The Morgan fingerprint density at radius 2 is 2.41 bits per heavy atom. The van der Waals surface area contributed by atoms with Crippen molar-refractivity contribution < 1.29 is 4.79 Å². The summed E-state index contributed by atoms with van der Waals surface area (Å²) in [5, 5.41) is 12.8. The molecule has 2 rings (SSSR count). The molecule has 0 aliphatic heterocycles. The van der Waals surface area contributed by atoms with Gasteiger partial charge in [0.05, 0.1) is 5.25 Å². The topological polar surface area (TPSA) is 93.8 Å². The van der Waals surface area contributed by atoms with Crippen molar-refractivity contribution >= 4 is 50.6 Å². The summed E-state index contributed by atoms with van der Waals surface area (Å²) in [5.41, 5.74) is 5.46. The Morgan fingerprint density at radius 1 is 1.59 bits per heavy atom. The highest BCUT2D eigenvalue weighted by Gasteiger charge is 2.17. The lowest BCUT2D eigenvalue weighted by Crippen LogP contribution is -2.22. The van der Waals surface area contributed by atoms with Gasteiger partial charge in [0.2, 0.25) is 11.0 Å². The fourth-order valence-corrected chi connectivity index (χ4v) is 3.28. The molecule has 3 N–H and O–H groups in total. The standard InChI is InChI=1S/C8H9N5OS3/c1-4(16-8-13-12-6(9)17-8)5(14)11-7-10-2-3-15-7/h2-4H,1H3,(H2,9,12)(H,10,11,14)/t4-/m0/s1. The highest BCUT2D eigenvalue weighted by atomic mass is 32.2.